The fourth-order valence-electron chi connectivity index (χ4n) is 3.60. The Bertz CT molecular complexity index is 1040. The smallest absolute Gasteiger partial charge is 0.266 e. The van der Waals surface area contributed by atoms with Crippen LogP contribution in [-0.2, 0) is 16.0 Å². The van der Waals surface area contributed by atoms with Crippen molar-refractivity contribution in [1.82, 2.24) is 10.2 Å². The van der Waals surface area contributed by atoms with Gasteiger partial charge < -0.3 is 14.8 Å². The molecule has 0 radical (unpaired) electrons. The minimum absolute atomic E-state index is 0.0689. The number of nitrogens with zero attached hydrogens (tertiary/aromatic N) is 1. The topological polar surface area (TPSA) is 67.9 Å². The van der Waals surface area contributed by atoms with E-state index in [1.54, 1.807) is 19.1 Å². The van der Waals surface area contributed by atoms with Gasteiger partial charge in [-0.2, -0.15) is 0 Å². The van der Waals surface area contributed by atoms with E-state index in [4.69, 9.17) is 21.7 Å². The molecule has 180 valence electrons. The van der Waals surface area contributed by atoms with Crippen molar-refractivity contribution in [2.24, 2.45) is 0 Å². The molecule has 0 atom stereocenters. The second kappa shape index (κ2) is 13.2. The van der Waals surface area contributed by atoms with Gasteiger partial charge in [0.2, 0.25) is 5.91 Å². The van der Waals surface area contributed by atoms with Crippen LogP contribution >= 0.6 is 24.0 Å². The van der Waals surface area contributed by atoms with Gasteiger partial charge in [0.15, 0.2) is 11.5 Å². The first kappa shape index (κ1) is 25.8. The summed E-state index contributed by atoms with van der Waals surface area (Å²) in [4.78, 5) is 27.1. The van der Waals surface area contributed by atoms with Crippen molar-refractivity contribution < 1.29 is 19.1 Å². The van der Waals surface area contributed by atoms with E-state index in [1.807, 2.05) is 42.5 Å². The van der Waals surface area contributed by atoms with Crippen LogP contribution < -0.4 is 14.8 Å². The molecule has 2 aromatic rings. The summed E-state index contributed by atoms with van der Waals surface area (Å²) in [7, 11) is 3.16. The number of amides is 2. The Labute approximate surface area is 210 Å². The number of carbonyl (C=O) groups is 2. The maximum Gasteiger partial charge on any atom is 0.266 e. The summed E-state index contributed by atoms with van der Waals surface area (Å²) in [6.45, 7) is 1.20. The Morgan fingerprint density at radius 1 is 1.06 bits per heavy atom. The summed E-state index contributed by atoms with van der Waals surface area (Å²) in [5.41, 5.74) is 2.06. The van der Waals surface area contributed by atoms with Gasteiger partial charge in [0.05, 0.1) is 19.1 Å². The summed E-state index contributed by atoms with van der Waals surface area (Å²) >= 11 is 6.73. The molecule has 1 saturated heterocycles. The molecule has 1 aliphatic heterocycles. The molecule has 0 aliphatic carbocycles. The molecule has 3 rings (SSSR count). The van der Waals surface area contributed by atoms with Crippen molar-refractivity contribution in [2.45, 2.75) is 32.1 Å². The molecule has 1 heterocycles. The Morgan fingerprint density at radius 2 is 1.82 bits per heavy atom. The lowest BCUT2D eigenvalue weighted by Crippen LogP contribution is -2.29. The SMILES string of the molecule is COc1ccc(C=C2SC(=S)N(CCCCCC(=O)NCCc3ccccc3)C2=O)cc1OC. The van der Waals surface area contributed by atoms with Crippen LogP contribution in [0.1, 0.15) is 36.8 Å². The number of hydrogen-bond donors (Lipinski definition) is 1. The van der Waals surface area contributed by atoms with Crippen molar-refractivity contribution in [2.75, 3.05) is 27.3 Å². The summed E-state index contributed by atoms with van der Waals surface area (Å²) in [5, 5.41) is 2.97. The van der Waals surface area contributed by atoms with Gasteiger partial charge in [-0.25, -0.2) is 0 Å². The largest absolute Gasteiger partial charge is 0.493 e. The Hall–Kier alpha value is -2.84. The molecular formula is C26H30N2O4S2. The average Bonchev–Trinajstić information content (AvgIpc) is 3.11. The third-order valence-electron chi connectivity index (χ3n) is 5.44. The minimum atomic E-state index is -0.0801. The van der Waals surface area contributed by atoms with E-state index in [2.05, 4.69) is 17.4 Å². The summed E-state index contributed by atoms with van der Waals surface area (Å²) in [6.07, 6.45) is 5.59. The van der Waals surface area contributed by atoms with Crippen LogP contribution in [0, 0.1) is 0 Å². The highest BCUT2D eigenvalue weighted by atomic mass is 32.2. The Balaban J connectivity index is 1.39. The number of methoxy groups -OCH3 is 2. The first-order chi connectivity index (χ1) is 16.5. The zero-order valence-electron chi connectivity index (χ0n) is 19.5. The number of thiocarbonyl (C=S) groups is 1. The van der Waals surface area contributed by atoms with Crippen molar-refractivity contribution in [3.8, 4) is 11.5 Å². The van der Waals surface area contributed by atoms with Crippen molar-refractivity contribution in [3.63, 3.8) is 0 Å². The highest BCUT2D eigenvalue weighted by molar-refractivity contribution is 8.26. The third-order valence-corrected chi connectivity index (χ3v) is 6.82. The third kappa shape index (κ3) is 7.33. The lowest BCUT2D eigenvalue weighted by molar-refractivity contribution is -0.122. The number of benzene rings is 2. The molecule has 2 amide bonds. The van der Waals surface area contributed by atoms with Gasteiger partial charge in [0, 0.05) is 19.5 Å². The number of hydrogen-bond acceptors (Lipinski definition) is 6. The predicted molar refractivity (Wildman–Crippen MR) is 141 cm³/mol. The van der Waals surface area contributed by atoms with Gasteiger partial charge in [0.1, 0.15) is 4.32 Å². The standard InChI is InChI=1S/C26H30N2O4S2/c1-31-21-13-12-20(17-22(21)32-2)18-23-25(30)28(26(33)34-23)16-8-4-7-11-24(29)27-15-14-19-9-5-3-6-10-19/h3,5-6,9-10,12-13,17-18H,4,7-8,11,14-16H2,1-2H3,(H,27,29). The molecule has 6 nitrogen and oxygen atoms in total. The van der Waals surface area contributed by atoms with Gasteiger partial charge in [-0.15, -0.1) is 0 Å². The number of nitrogens with one attached hydrogen (secondary N) is 1. The van der Waals surface area contributed by atoms with Crippen LogP contribution in [-0.4, -0.2) is 48.3 Å². The maximum absolute atomic E-state index is 12.8. The van der Waals surface area contributed by atoms with Crippen LogP contribution in [0.3, 0.4) is 0 Å². The number of ether oxygens (including phenoxy) is 2. The Morgan fingerprint density at radius 3 is 2.56 bits per heavy atom. The van der Waals surface area contributed by atoms with Gasteiger partial charge >= 0.3 is 0 Å². The highest BCUT2D eigenvalue weighted by Gasteiger charge is 2.31. The van der Waals surface area contributed by atoms with E-state index in [0.717, 1.165) is 31.2 Å². The molecule has 34 heavy (non-hydrogen) atoms. The normalized spacial score (nSPS) is 14.5. The second-order valence-corrected chi connectivity index (χ2v) is 9.52. The zero-order chi connectivity index (χ0) is 24.3. The lowest BCUT2D eigenvalue weighted by Gasteiger charge is -2.14. The van der Waals surface area contributed by atoms with Crippen LogP contribution in [0.2, 0.25) is 0 Å². The fraction of sp³-hybridized carbons (Fsp3) is 0.346. The highest BCUT2D eigenvalue weighted by Crippen LogP contribution is 2.34. The predicted octanol–water partition coefficient (Wildman–Crippen LogP) is 4.82. The van der Waals surface area contributed by atoms with E-state index in [-0.39, 0.29) is 11.8 Å². The number of thioether (sulfide) groups is 1. The summed E-state index contributed by atoms with van der Waals surface area (Å²) in [6, 6.07) is 15.6. The van der Waals surface area contributed by atoms with Crippen LogP contribution in [0.4, 0.5) is 0 Å². The summed E-state index contributed by atoms with van der Waals surface area (Å²) < 4.78 is 11.2. The molecule has 0 spiro atoms. The maximum atomic E-state index is 12.8. The zero-order valence-corrected chi connectivity index (χ0v) is 21.2. The van der Waals surface area contributed by atoms with Crippen molar-refractivity contribution in [3.05, 3.63) is 64.6 Å². The first-order valence-corrected chi connectivity index (χ1v) is 12.5. The molecule has 0 saturated carbocycles. The Kier molecular flexibility index (Phi) is 9.97. The molecule has 0 bridgehead atoms. The molecular weight excluding hydrogens is 468 g/mol. The molecule has 0 aromatic heterocycles. The molecule has 8 heteroatoms. The summed E-state index contributed by atoms with van der Waals surface area (Å²) in [5.74, 6) is 1.23. The molecule has 1 N–H and O–H groups in total. The fourth-order valence-corrected chi connectivity index (χ4v) is 4.91. The molecule has 2 aromatic carbocycles. The first-order valence-electron chi connectivity index (χ1n) is 11.3. The van der Waals surface area contributed by atoms with Gasteiger partial charge in [-0.1, -0.05) is 66.8 Å². The van der Waals surface area contributed by atoms with E-state index in [9.17, 15) is 9.59 Å². The monoisotopic (exact) mass is 498 g/mol. The van der Waals surface area contributed by atoms with Crippen LogP contribution in [0.5, 0.6) is 11.5 Å². The molecule has 1 fully saturated rings. The number of carbonyl (C=O) groups excluding carboxylic acids is 2. The molecule has 0 unspecified atom stereocenters. The van der Waals surface area contributed by atoms with Crippen molar-refractivity contribution in [1.29, 1.82) is 0 Å². The quantitative estimate of drug-likeness (QED) is 0.257. The van der Waals surface area contributed by atoms with E-state index >= 15 is 0 Å². The van der Waals surface area contributed by atoms with Gasteiger partial charge in [-0.05, 0) is 48.6 Å². The second-order valence-electron chi connectivity index (χ2n) is 7.84. The van der Waals surface area contributed by atoms with Gasteiger partial charge in [-0.3, -0.25) is 14.5 Å². The average molecular weight is 499 g/mol. The lowest BCUT2D eigenvalue weighted by atomic mass is 10.1. The van der Waals surface area contributed by atoms with E-state index < -0.39 is 0 Å². The minimum Gasteiger partial charge on any atom is -0.493 e. The van der Waals surface area contributed by atoms with Crippen LogP contribution in [0.15, 0.2) is 53.4 Å². The number of unbranched alkanes of at least 4 members (excludes halogenated alkanes) is 2. The molecule has 1 aliphatic rings. The van der Waals surface area contributed by atoms with Crippen molar-refractivity contribution >= 4 is 46.2 Å². The van der Waals surface area contributed by atoms with Gasteiger partial charge in [0.25, 0.3) is 5.91 Å². The van der Waals surface area contributed by atoms with Crippen LogP contribution in [0.25, 0.3) is 6.08 Å². The van der Waals surface area contributed by atoms with E-state index in [0.29, 0.717) is 40.2 Å². The number of rotatable bonds is 12. The van der Waals surface area contributed by atoms with E-state index in [1.165, 1.54) is 17.3 Å².